The van der Waals surface area contributed by atoms with Gasteiger partial charge in [0.2, 0.25) is 0 Å². The molecule has 13 rings (SSSR count). The lowest BCUT2D eigenvalue weighted by Crippen LogP contribution is -2.17. The fourth-order valence-electron chi connectivity index (χ4n) is 11.4. The van der Waals surface area contributed by atoms with Crippen molar-refractivity contribution in [3.8, 4) is 0 Å². The molecule has 0 N–H and O–H groups in total. The van der Waals surface area contributed by atoms with Crippen molar-refractivity contribution in [3.05, 3.63) is 276 Å². The Labute approximate surface area is 374 Å². The standard InChI is InChI=1S/C62H42N2/c1-7-21-41(22-8-1)55-59-49-35-19-33-47-54(64(45-29-15-5-16-30-45)46-31-17-6-18-32-46)40-38-52(57(47)49)62(59)56(42-23-9-2-10-24-42)60-50-36-20-34-48-53(39-37-51(58(48)50)61(55)60)63(43-25-11-3-12-26-43)44-27-13-4-14-28-44/h1-40,59,62H. The minimum Gasteiger partial charge on any atom is -0.310 e. The first-order valence-corrected chi connectivity index (χ1v) is 22.4. The van der Waals surface area contributed by atoms with Crippen LogP contribution < -0.4 is 9.80 Å². The van der Waals surface area contributed by atoms with Gasteiger partial charge in [0, 0.05) is 45.4 Å². The predicted octanol–water partition coefficient (Wildman–Crippen LogP) is 16.7. The molecule has 2 atom stereocenters. The molecular weight excluding hydrogens is 773 g/mol. The van der Waals surface area contributed by atoms with Crippen molar-refractivity contribution >= 4 is 78.0 Å². The molecule has 0 bridgehead atoms. The highest BCUT2D eigenvalue weighted by Gasteiger charge is 2.48. The highest BCUT2D eigenvalue weighted by atomic mass is 15.1. The van der Waals surface area contributed by atoms with Gasteiger partial charge in [-0.1, -0.05) is 182 Å². The Bertz CT molecular complexity index is 3310. The molecule has 10 aromatic carbocycles. The largest absolute Gasteiger partial charge is 0.310 e. The Hall–Kier alpha value is -8.20. The summed E-state index contributed by atoms with van der Waals surface area (Å²) in [5, 5.41) is 5.20. The summed E-state index contributed by atoms with van der Waals surface area (Å²) in [6.45, 7) is 0. The van der Waals surface area contributed by atoms with Crippen LogP contribution in [0.1, 0.15) is 45.2 Å². The number of anilines is 6. The molecule has 0 spiro atoms. The van der Waals surface area contributed by atoms with Crippen molar-refractivity contribution in [2.24, 2.45) is 0 Å². The molecule has 10 aromatic rings. The minimum absolute atomic E-state index is 0.0846. The van der Waals surface area contributed by atoms with Gasteiger partial charge < -0.3 is 9.80 Å². The second-order valence-electron chi connectivity index (χ2n) is 17.1. The van der Waals surface area contributed by atoms with E-state index in [0.717, 1.165) is 22.7 Å². The summed E-state index contributed by atoms with van der Waals surface area (Å²) in [5.74, 6) is 0.169. The third-order valence-corrected chi connectivity index (χ3v) is 13.8. The Balaban J connectivity index is 1.12. The van der Waals surface area contributed by atoms with Gasteiger partial charge in [0.25, 0.3) is 0 Å². The van der Waals surface area contributed by atoms with E-state index in [4.69, 9.17) is 0 Å². The van der Waals surface area contributed by atoms with Crippen LogP contribution in [0.3, 0.4) is 0 Å². The second-order valence-corrected chi connectivity index (χ2v) is 17.1. The van der Waals surface area contributed by atoms with E-state index in [-0.39, 0.29) is 11.8 Å². The van der Waals surface area contributed by atoms with E-state index in [0.29, 0.717) is 0 Å². The number of benzene rings is 10. The molecule has 3 aliphatic carbocycles. The Morgan fingerprint density at radius 3 is 1.08 bits per heavy atom. The molecule has 0 amide bonds. The van der Waals surface area contributed by atoms with Gasteiger partial charge in [-0.2, -0.15) is 0 Å². The van der Waals surface area contributed by atoms with Gasteiger partial charge in [0.1, 0.15) is 0 Å². The number of para-hydroxylation sites is 4. The van der Waals surface area contributed by atoms with E-state index in [2.05, 4.69) is 252 Å². The Morgan fingerprint density at radius 2 is 0.625 bits per heavy atom. The molecule has 2 nitrogen and oxygen atoms in total. The first-order chi connectivity index (χ1) is 31.8. The third kappa shape index (κ3) is 5.46. The predicted molar refractivity (Wildman–Crippen MR) is 269 cm³/mol. The number of allylic oxidation sites excluding steroid dienone is 4. The monoisotopic (exact) mass is 814 g/mol. The third-order valence-electron chi connectivity index (χ3n) is 13.8. The zero-order valence-electron chi connectivity index (χ0n) is 35.1. The molecule has 3 aliphatic rings. The maximum absolute atomic E-state index is 2.46. The molecule has 0 radical (unpaired) electrons. The van der Waals surface area contributed by atoms with E-state index in [1.165, 1.54) is 88.6 Å². The lowest BCUT2D eigenvalue weighted by molar-refractivity contribution is 0.808. The quantitative estimate of drug-likeness (QED) is 0.151. The highest BCUT2D eigenvalue weighted by molar-refractivity contribution is 6.36. The van der Waals surface area contributed by atoms with Crippen LogP contribution in [0.2, 0.25) is 0 Å². The summed E-state index contributed by atoms with van der Waals surface area (Å²) in [4.78, 5) is 4.84. The number of hydrogen-bond donors (Lipinski definition) is 0. The highest BCUT2D eigenvalue weighted by Crippen LogP contribution is 2.68. The van der Waals surface area contributed by atoms with E-state index >= 15 is 0 Å². The summed E-state index contributed by atoms with van der Waals surface area (Å²) in [6.07, 6.45) is 0. The maximum Gasteiger partial charge on any atom is 0.0540 e. The van der Waals surface area contributed by atoms with Crippen molar-refractivity contribution in [1.29, 1.82) is 0 Å². The van der Waals surface area contributed by atoms with Gasteiger partial charge >= 0.3 is 0 Å². The van der Waals surface area contributed by atoms with Crippen molar-refractivity contribution in [2.75, 3.05) is 9.80 Å². The number of rotatable bonds is 8. The zero-order valence-corrected chi connectivity index (χ0v) is 35.1. The van der Waals surface area contributed by atoms with Crippen molar-refractivity contribution in [2.45, 2.75) is 11.8 Å². The van der Waals surface area contributed by atoms with Crippen LogP contribution in [-0.4, -0.2) is 0 Å². The average Bonchev–Trinajstić information content (AvgIpc) is 3.88. The summed E-state index contributed by atoms with van der Waals surface area (Å²) < 4.78 is 0. The molecule has 0 aromatic heterocycles. The van der Waals surface area contributed by atoms with Crippen LogP contribution in [-0.2, 0) is 0 Å². The van der Waals surface area contributed by atoms with Crippen LogP contribution in [0.4, 0.5) is 34.1 Å². The van der Waals surface area contributed by atoms with Gasteiger partial charge in [0.05, 0.1) is 11.4 Å². The van der Waals surface area contributed by atoms with Crippen LogP contribution >= 0.6 is 0 Å². The molecule has 0 fully saturated rings. The fraction of sp³-hybridized carbons (Fsp3) is 0.0323. The number of nitrogens with zero attached hydrogens (tertiary/aromatic N) is 2. The molecule has 64 heavy (non-hydrogen) atoms. The molecule has 300 valence electrons. The normalized spacial score (nSPS) is 15.7. The molecule has 2 heteroatoms. The average molecular weight is 815 g/mol. The van der Waals surface area contributed by atoms with Gasteiger partial charge in [-0.3, -0.25) is 0 Å². The van der Waals surface area contributed by atoms with Crippen LogP contribution in [0.15, 0.2) is 243 Å². The van der Waals surface area contributed by atoms with Crippen molar-refractivity contribution in [1.82, 2.24) is 0 Å². The Kier molecular flexibility index (Phi) is 8.39. The van der Waals surface area contributed by atoms with Gasteiger partial charge in [-0.05, 0) is 127 Å². The maximum atomic E-state index is 2.46. The van der Waals surface area contributed by atoms with Crippen LogP contribution in [0.5, 0.6) is 0 Å². The SMILES string of the molecule is c1ccc(C2=C3C(=C(c4ccccc4)C4c5ccc(N(c6ccccc6)c6ccccc6)c6cccc(c56)C24)c2cccc4c(N(c5ccccc5)c5ccccc5)ccc3c24)cc1. The second kappa shape index (κ2) is 14.7. The summed E-state index contributed by atoms with van der Waals surface area (Å²) in [5.41, 5.74) is 20.4. The summed E-state index contributed by atoms with van der Waals surface area (Å²) in [7, 11) is 0. The van der Waals surface area contributed by atoms with E-state index in [9.17, 15) is 0 Å². The summed E-state index contributed by atoms with van der Waals surface area (Å²) in [6, 6.07) is 89.4. The molecule has 0 saturated heterocycles. The van der Waals surface area contributed by atoms with Crippen LogP contribution in [0.25, 0.3) is 43.8 Å². The first kappa shape index (κ1) is 36.5. The van der Waals surface area contributed by atoms with E-state index in [1.54, 1.807) is 0 Å². The molecule has 0 heterocycles. The molecular formula is C62H42N2. The molecule has 0 aliphatic heterocycles. The Morgan fingerprint density at radius 1 is 0.266 bits per heavy atom. The van der Waals surface area contributed by atoms with Crippen molar-refractivity contribution in [3.63, 3.8) is 0 Å². The zero-order chi connectivity index (χ0) is 42.1. The topological polar surface area (TPSA) is 6.48 Å². The first-order valence-electron chi connectivity index (χ1n) is 22.4. The van der Waals surface area contributed by atoms with Crippen LogP contribution in [0, 0.1) is 0 Å². The number of hydrogen-bond acceptors (Lipinski definition) is 2. The van der Waals surface area contributed by atoms with Crippen molar-refractivity contribution < 1.29 is 0 Å². The summed E-state index contributed by atoms with van der Waals surface area (Å²) >= 11 is 0. The molecule has 2 unspecified atom stereocenters. The fourth-order valence-corrected chi connectivity index (χ4v) is 11.4. The van der Waals surface area contributed by atoms with Gasteiger partial charge in [-0.25, -0.2) is 0 Å². The number of fused-ring (bicyclic) bond motifs is 6. The van der Waals surface area contributed by atoms with Gasteiger partial charge in [-0.15, -0.1) is 0 Å². The minimum atomic E-state index is 0.0846. The lowest BCUT2D eigenvalue weighted by atomic mass is 9.66. The van der Waals surface area contributed by atoms with E-state index in [1.807, 2.05) is 0 Å². The molecule has 0 saturated carbocycles. The smallest absolute Gasteiger partial charge is 0.0540 e. The lowest BCUT2D eigenvalue weighted by Gasteiger charge is -2.36. The van der Waals surface area contributed by atoms with Gasteiger partial charge in [0.15, 0.2) is 0 Å². The van der Waals surface area contributed by atoms with E-state index < -0.39 is 0 Å².